The van der Waals surface area contributed by atoms with Gasteiger partial charge >= 0.3 is 0 Å². The van der Waals surface area contributed by atoms with E-state index >= 15 is 0 Å². The molecule has 3 atom stereocenters. The standard InChI is InChI=1S/C25H41N3/c1-6-25(5,27-24-10-8-7-9-23(24)26)17-22-14-11-19(4)28(22)21-15-12-20(13-16-21)18(2)3/h6-10,18-22,27H,1,11-17,26H2,2-5H3/t19-,20?,21?,22-,25+/m0/s1. The van der Waals surface area contributed by atoms with Crippen LogP contribution in [0, 0.1) is 11.8 Å². The molecule has 0 amide bonds. The minimum Gasteiger partial charge on any atom is -0.397 e. The summed E-state index contributed by atoms with van der Waals surface area (Å²) in [5.41, 5.74) is 7.85. The molecule has 28 heavy (non-hydrogen) atoms. The van der Waals surface area contributed by atoms with Gasteiger partial charge in [0.2, 0.25) is 0 Å². The fourth-order valence-corrected chi connectivity index (χ4v) is 5.62. The van der Waals surface area contributed by atoms with Crippen LogP contribution in [0.4, 0.5) is 11.4 Å². The number of benzene rings is 1. The van der Waals surface area contributed by atoms with Gasteiger partial charge in [-0.1, -0.05) is 32.1 Å². The van der Waals surface area contributed by atoms with Crippen molar-refractivity contribution in [1.82, 2.24) is 4.90 Å². The van der Waals surface area contributed by atoms with Gasteiger partial charge in [-0.2, -0.15) is 0 Å². The molecule has 3 N–H and O–H groups in total. The Morgan fingerprint density at radius 1 is 1.18 bits per heavy atom. The van der Waals surface area contributed by atoms with Crippen LogP contribution in [0.3, 0.4) is 0 Å². The maximum Gasteiger partial charge on any atom is 0.0580 e. The maximum absolute atomic E-state index is 6.19. The van der Waals surface area contributed by atoms with Crippen molar-refractivity contribution in [3.05, 3.63) is 36.9 Å². The Labute approximate surface area is 172 Å². The second kappa shape index (κ2) is 8.90. The summed E-state index contributed by atoms with van der Waals surface area (Å²) in [6, 6.07) is 10.1. The molecule has 1 saturated heterocycles. The monoisotopic (exact) mass is 383 g/mol. The van der Waals surface area contributed by atoms with Crippen molar-refractivity contribution in [3.8, 4) is 0 Å². The second-order valence-electron chi connectivity index (χ2n) is 9.88. The van der Waals surface area contributed by atoms with Gasteiger partial charge in [0, 0.05) is 18.1 Å². The Morgan fingerprint density at radius 3 is 2.46 bits per heavy atom. The van der Waals surface area contributed by atoms with E-state index in [1.807, 2.05) is 18.2 Å². The van der Waals surface area contributed by atoms with Crippen molar-refractivity contribution in [2.45, 2.75) is 96.3 Å². The molecule has 1 aromatic rings. The molecule has 3 heteroatoms. The van der Waals surface area contributed by atoms with Crippen LogP contribution in [0.15, 0.2) is 36.9 Å². The van der Waals surface area contributed by atoms with Crippen LogP contribution < -0.4 is 11.1 Å². The predicted molar refractivity (Wildman–Crippen MR) is 123 cm³/mol. The lowest BCUT2D eigenvalue weighted by Gasteiger charge is -2.43. The van der Waals surface area contributed by atoms with E-state index in [0.717, 1.165) is 35.7 Å². The van der Waals surface area contributed by atoms with E-state index < -0.39 is 0 Å². The number of hydrogen-bond acceptors (Lipinski definition) is 3. The summed E-state index contributed by atoms with van der Waals surface area (Å²) in [7, 11) is 0. The van der Waals surface area contributed by atoms with Gasteiger partial charge in [0.1, 0.15) is 0 Å². The first-order valence-electron chi connectivity index (χ1n) is 11.4. The van der Waals surface area contributed by atoms with Gasteiger partial charge in [-0.3, -0.25) is 4.90 Å². The molecule has 3 rings (SSSR count). The molecule has 1 aromatic carbocycles. The summed E-state index contributed by atoms with van der Waals surface area (Å²) < 4.78 is 0. The van der Waals surface area contributed by atoms with Crippen LogP contribution >= 0.6 is 0 Å². The first kappa shape index (κ1) is 21.2. The van der Waals surface area contributed by atoms with Crippen LogP contribution in [0.25, 0.3) is 0 Å². The van der Waals surface area contributed by atoms with Crippen molar-refractivity contribution in [1.29, 1.82) is 0 Å². The molecule has 2 fully saturated rings. The van der Waals surface area contributed by atoms with Gasteiger partial charge in [-0.05, 0) is 82.8 Å². The summed E-state index contributed by atoms with van der Waals surface area (Å²) >= 11 is 0. The summed E-state index contributed by atoms with van der Waals surface area (Å²) in [5, 5.41) is 3.69. The molecular formula is C25H41N3. The molecule has 0 unspecified atom stereocenters. The minimum atomic E-state index is -0.155. The average molecular weight is 384 g/mol. The molecule has 1 aliphatic carbocycles. The Morgan fingerprint density at radius 2 is 1.86 bits per heavy atom. The van der Waals surface area contributed by atoms with E-state index in [-0.39, 0.29) is 5.54 Å². The van der Waals surface area contributed by atoms with Crippen molar-refractivity contribution in [3.63, 3.8) is 0 Å². The highest BCUT2D eigenvalue weighted by molar-refractivity contribution is 5.67. The Bertz CT molecular complexity index is 647. The number of nitrogens with one attached hydrogen (secondary N) is 1. The third kappa shape index (κ3) is 4.74. The fraction of sp³-hybridized carbons (Fsp3) is 0.680. The number of para-hydroxylation sites is 2. The summed E-state index contributed by atoms with van der Waals surface area (Å²) in [6.45, 7) is 13.6. The van der Waals surface area contributed by atoms with Crippen LogP contribution in [-0.4, -0.2) is 28.6 Å². The lowest BCUT2D eigenvalue weighted by atomic mass is 9.78. The Balaban J connectivity index is 1.69. The SMILES string of the molecule is C=C[C@](C)(C[C@@H]1CC[C@H](C)N1C1CCC(C(C)C)CC1)Nc1ccccc1N. The second-order valence-corrected chi connectivity index (χ2v) is 9.88. The van der Waals surface area contributed by atoms with Crippen LogP contribution in [-0.2, 0) is 0 Å². The largest absolute Gasteiger partial charge is 0.397 e. The Hall–Kier alpha value is -1.48. The van der Waals surface area contributed by atoms with E-state index in [1.165, 1.54) is 38.5 Å². The van der Waals surface area contributed by atoms with Gasteiger partial charge in [0.15, 0.2) is 0 Å². The number of hydrogen-bond donors (Lipinski definition) is 2. The number of nitrogen functional groups attached to an aromatic ring is 1. The quantitative estimate of drug-likeness (QED) is 0.442. The van der Waals surface area contributed by atoms with E-state index in [9.17, 15) is 0 Å². The third-order valence-electron chi connectivity index (χ3n) is 7.45. The van der Waals surface area contributed by atoms with Gasteiger partial charge in [0.25, 0.3) is 0 Å². The van der Waals surface area contributed by atoms with E-state index in [2.05, 4.69) is 56.6 Å². The van der Waals surface area contributed by atoms with Crippen LogP contribution in [0.5, 0.6) is 0 Å². The predicted octanol–water partition coefficient (Wildman–Crippen LogP) is 6.08. The zero-order valence-corrected chi connectivity index (χ0v) is 18.5. The molecule has 0 spiro atoms. The molecule has 0 aromatic heterocycles. The number of likely N-dealkylation sites (tertiary alicyclic amines) is 1. The number of nitrogens with two attached hydrogens (primary N) is 1. The van der Waals surface area contributed by atoms with Crippen molar-refractivity contribution >= 4 is 11.4 Å². The van der Waals surface area contributed by atoms with E-state index in [4.69, 9.17) is 5.73 Å². The highest BCUT2D eigenvalue weighted by atomic mass is 15.2. The van der Waals surface area contributed by atoms with Crippen molar-refractivity contribution < 1.29 is 0 Å². The zero-order valence-electron chi connectivity index (χ0n) is 18.5. The smallest absolute Gasteiger partial charge is 0.0580 e. The number of nitrogens with zero attached hydrogens (tertiary/aromatic N) is 1. The molecule has 0 radical (unpaired) electrons. The third-order valence-corrected chi connectivity index (χ3v) is 7.45. The first-order chi connectivity index (χ1) is 13.3. The fourth-order valence-electron chi connectivity index (χ4n) is 5.62. The number of rotatable bonds is 7. The molecule has 0 bridgehead atoms. The normalized spacial score (nSPS) is 30.9. The lowest BCUT2D eigenvalue weighted by Crippen LogP contribution is -2.48. The van der Waals surface area contributed by atoms with Crippen LogP contribution in [0.2, 0.25) is 0 Å². The zero-order chi connectivity index (χ0) is 20.3. The molecule has 1 heterocycles. The van der Waals surface area contributed by atoms with E-state index in [0.29, 0.717) is 12.1 Å². The van der Waals surface area contributed by atoms with Gasteiger partial charge in [0.05, 0.1) is 16.9 Å². The first-order valence-corrected chi connectivity index (χ1v) is 11.4. The molecule has 1 aliphatic heterocycles. The van der Waals surface area contributed by atoms with Gasteiger partial charge in [-0.15, -0.1) is 6.58 Å². The molecule has 1 saturated carbocycles. The molecule has 3 nitrogen and oxygen atoms in total. The molecular weight excluding hydrogens is 342 g/mol. The maximum atomic E-state index is 6.19. The number of anilines is 2. The van der Waals surface area contributed by atoms with Gasteiger partial charge in [-0.25, -0.2) is 0 Å². The van der Waals surface area contributed by atoms with Crippen LogP contribution in [0.1, 0.15) is 72.6 Å². The lowest BCUT2D eigenvalue weighted by molar-refractivity contribution is 0.0758. The molecule has 156 valence electrons. The highest BCUT2D eigenvalue weighted by Gasteiger charge is 2.40. The minimum absolute atomic E-state index is 0.155. The van der Waals surface area contributed by atoms with Gasteiger partial charge < -0.3 is 11.1 Å². The topological polar surface area (TPSA) is 41.3 Å². The average Bonchev–Trinajstić information content (AvgIpc) is 3.03. The van der Waals surface area contributed by atoms with E-state index in [1.54, 1.807) is 0 Å². The summed E-state index contributed by atoms with van der Waals surface area (Å²) in [6.07, 6.45) is 11.3. The summed E-state index contributed by atoms with van der Waals surface area (Å²) in [4.78, 5) is 2.87. The Kier molecular flexibility index (Phi) is 6.75. The summed E-state index contributed by atoms with van der Waals surface area (Å²) in [5.74, 6) is 1.76. The van der Waals surface area contributed by atoms with Crippen molar-refractivity contribution in [2.24, 2.45) is 11.8 Å². The molecule has 2 aliphatic rings. The highest BCUT2D eigenvalue weighted by Crippen LogP contribution is 2.39. The van der Waals surface area contributed by atoms with Crippen molar-refractivity contribution in [2.75, 3.05) is 11.1 Å².